The van der Waals surface area contributed by atoms with Gasteiger partial charge in [-0.05, 0) is 50.5 Å². The van der Waals surface area contributed by atoms with Crippen molar-refractivity contribution in [1.82, 2.24) is 15.5 Å². The number of likely N-dealkylation sites (tertiary alicyclic amines) is 1. The molecule has 1 aromatic rings. The van der Waals surface area contributed by atoms with Crippen LogP contribution in [-0.2, 0) is 4.74 Å². The van der Waals surface area contributed by atoms with Crippen LogP contribution >= 0.6 is 15.9 Å². The first-order valence-corrected chi connectivity index (χ1v) is 10.6. The maximum atomic E-state index is 12.1. The predicted octanol–water partition coefficient (Wildman–Crippen LogP) is 2.65. The van der Waals surface area contributed by atoms with Gasteiger partial charge in [-0.25, -0.2) is 0 Å². The third-order valence-corrected chi connectivity index (χ3v) is 5.77. The molecule has 2 N–H and O–H groups in total. The van der Waals surface area contributed by atoms with E-state index in [4.69, 9.17) is 9.73 Å². The van der Waals surface area contributed by atoms with Gasteiger partial charge in [-0.2, -0.15) is 0 Å². The van der Waals surface area contributed by atoms with Crippen LogP contribution in [0.3, 0.4) is 0 Å². The van der Waals surface area contributed by atoms with Crippen molar-refractivity contribution in [3.8, 4) is 0 Å². The van der Waals surface area contributed by atoms with Crippen LogP contribution in [0, 0.1) is 5.41 Å². The lowest BCUT2D eigenvalue weighted by atomic mass is 9.87. The molecule has 6 nitrogen and oxygen atoms in total. The number of hydrogen-bond donors (Lipinski definition) is 2. The molecule has 0 saturated carbocycles. The molecule has 2 heterocycles. The van der Waals surface area contributed by atoms with Gasteiger partial charge in [-0.1, -0.05) is 15.9 Å². The maximum Gasteiger partial charge on any atom is 0.251 e. The van der Waals surface area contributed by atoms with Gasteiger partial charge in [0, 0.05) is 54.8 Å². The van der Waals surface area contributed by atoms with Gasteiger partial charge in [-0.15, -0.1) is 0 Å². The number of benzene rings is 1. The van der Waals surface area contributed by atoms with E-state index >= 15 is 0 Å². The molecule has 7 heteroatoms. The van der Waals surface area contributed by atoms with Crippen molar-refractivity contribution in [2.75, 3.05) is 45.9 Å². The first kappa shape index (κ1) is 20.1. The van der Waals surface area contributed by atoms with E-state index in [0.717, 1.165) is 56.1 Å². The maximum absolute atomic E-state index is 12.1. The van der Waals surface area contributed by atoms with Crippen LogP contribution in [-0.4, -0.2) is 62.7 Å². The molecule has 2 saturated heterocycles. The molecule has 0 radical (unpaired) electrons. The summed E-state index contributed by atoms with van der Waals surface area (Å²) in [6, 6.07) is 7.38. The van der Waals surface area contributed by atoms with Crippen molar-refractivity contribution in [3.63, 3.8) is 0 Å². The normalized spacial score (nSPS) is 22.4. The summed E-state index contributed by atoms with van der Waals surface area (Å²) in [4.78, 5) is 19.2. The average Bonchev–Trinajstić information content (AvgIpc) is 3.31. The van der Waals surface area contributed by atoms with Crippen molar-refractivity contribution < 1.29 is 9.53 Å². The second kappa shape index (κ2) is 9.55. The Labute approximate surface area is 169 Å². The zero-order chi connectivity index (χ0) is 19.1. The first-order chi connectivity index (χ1) is 13.1. The molecule has 2 aliphatic rings. The number of nitrogens with zero attached hydrogens (tertiary/aromatic N) is 2. The number of nitrogens with one attached hydrogen (secondary N) is 2. The quantitative estimate of drug-likeness (QED) is 0.408. The van der Waals surface area contributed by atoms with Gasteiger partial charge in [0.05, 0.1) is 6.61 Å². The Balaban J connectivity index is 1.43. The first-order valence-electron chi connectivity index (χ1n) is 9.77. The fraction of sp³-hybridized carbons (Fsp3) is 0.600. The lowest BCUT2D eigenvalue weighted by molar-refractivity contribution is 0.0953. The minimum absolute atomic E-state index is 0.0406. The van der Waals surface area contributed by atoms with Gasteiger partial charge >= 0.3 is 0 Å². The third kappa shape index (κ3) is 5.45. The van der Waals surface area contributed by atoms with Gasteiger partial charge in [0.15, 0.2) is 5.96 Å². The van der Waals surface area contributed by atoms with E-state index in [1.165, 1.54) is 6.42 Å². The number of hydrogen-bond acceptors (Lipinski definition) is 3. The largest absolute Gasteiger partial charge is 0.381 e. The van der Waals surface area contributed by atoms with Crippen LogP contribution in [0.15, 0.2) is 33.7 Å². The minimum atomic E-state index is -0.0406. The van der Waals surface area contributed by atoms with Crippen molar-refractivity contribution >= 4 is 27.8 Å². The minimum Gasteiger partial charge on any atom is -0.381 e. The molecule has 1 unspecified atom stereocenters. The Morgan fingerprint density at radius 3 is 2.81 bits per heavy atom. The van der Waals surface area contributed by atoms with Gasteiger partial charge in [0.2, 0.25) is 0 Å². The molecule has 3 rings (SSSR count). The molecule has 27 heavy (non-hydrogen) atoms. The number of aliphatic imine (C=N–C) groups is 1. The lowest BCUT2D eigenvalue weighted by Gasteiger charge is -2.25. The number of ether oxygens (including phenoxy) is 1. The van der Waals surface area contributed by atoms with Crippen LogP contribution in [0.25, 0.3) is 0 Å². The van der Waals surface area contributed by atoms with Crippen LogP contribution in [0.1, 0.15) is 36.5 Å². The predicted molar refractivity (Wildman–Crippen MR) is 111 cm³/mol. The van der Waals surface area contributed by atoms with Gasteiger partial charge in [0.1, 0.15) is 0 Å². The standard InChI is InChI=1S/C20H29BrN4O2/c1-2-22-19(25-12-8-20(14-25)9-13-27-15-20)24-11-3-10-23-18(26)16-4-6-17(21)7-5-16/h4-7H,2-3,8-15H2,1H3,(H,22,24)(H,23,26). The molecule has 0 bridgehead atoms. The Hall–Kier alpha value is -1.60. The van der Waals surface area contributed by atoms with E-state index < -0.39 is 0 Å². The monoisotopic (exact) mass is 436 g/mol. The van der Waals surface area contributed by atoms with Crippen molar-refractivity contribution in [2.24, 2.45) is 10.4 Å². The fourth-order valence-electron chi connectivity index (χ4n) is 3.68. The number of carbonyl (C=O) groups is 1. The molecule has 2 fully saturated rings. The molecule has 0 aliphatic carbocycles. The Kier molecular flexibility index (Phi) is 7.13. The van der Waals surface area contributed by atoms with Gasteiger partial charge in [-0.3, -0.25) is 9.79 Å². The molecule has 1 aromatic carbocycles. The van der Waals surface area contributed by atoms with E-state index in [1.54, 1.807) is 0 Å². The van der Waals surface area contributed by atoms with Crippen LogP contribution < -0.4 is 10.6 Å². The van der Waals surface area contributed by atoms with E-state index in [0.29, 0.717) is 24.1 Å². The summed E-state index contributed by atoms with van der Waals surface area (Å²) in [5, 5.41) is 6.36. The van der Waals surface area contributed by atoms with Crippen molar-refractivity contribution in [1.29, 1.82) is 0 Å². The highest BCUT2D eigenvalue weighted by Crippen LogP contribution is 2.38. The second-order valence-electron chi connectivity index (χ2n) is 7.33. The highest BCUT2D eigenvalue weighted by Gasteiger charge is 2.42. The topological polar surface area (TPSA) is 66.0 Å². The zero-order valence-corrected chi connectivity index (χ0v) is 17.6. The summed E-state index contributed by atoms with van der Waals surface area (Å²) in [7, 11) is 0. The summed E-state index contributed by atoms with van der Waals surface area (Å²) in [5.74, 6) is 0.946. The van der Waals surface area contributed by atoms with E-state index in [2.05, 4.69) is 38.4 Å². The Morgan fingerprint density at radius 1 is 1.30 bits per heavy atom. The van der Waals surface area contributed by atoms with Crippen LogP contribution in [0.2, 0.25) is 0 Å². The third-order valence-electron chi connectivity index (χ3n) is 5.25. The molecular weight excluding hydrogens is 408 g/mol. The molecular formula is C20H29BrN4O2. The lowest BCUT2D eigenvalue weighted by Crippen LogP contribution is -2.41. The SMILES string of the molecule is CCNC(=NCCCNC(=O)c1ccc(Br)cc1)N1CCC2(CCOC2)C1. The number of carbonyl (C=O) groups excluding carboxylic acids is 1. The number of rotatable bonds is 6. The Bertz CT molecular complexity index is 656. The van der Waals surface area contributed by atoms with Crippen molar-refractivity contribution in [2.45, 2.75) is 26.2 Å². The van der Waals surface area contributed by atoms with E-state index in [1.807, 2.05) is 24.3 Å². The molecule has 2 aliphatic heterocycles. The molecule has 0 aromatic heterocycles. The highest BCUT2D eigenvalue weighted by atomic mass is 79.9. The number of amides is 1. The van der Waals surface area contributed by atoms with Gasteiger partial charge in [0.25, 0.3) is 5.91 Å². The summed E-state index contributed by atoms with van der Waals surface area (Å²) < 4.78 is 6.59. The van der Waals surface area contributed by atoms with Gasteiger partial charge < -0.3 is 20.3 Å². The summed E-state index contributed by atoms with van der Waals surface area (Å²) >= 11 is 3.38. The highest BCUT2D eigenvalue weighted by molar-refractivity contribution is 9.10. The van der Waals surface area contributed by atoms with E-state index in [9.17, 15) is 4.79 Å². The molecule has 148 valence electrons. The zero-order valence-electron chi connectivity index (χ0n) is 16.0. The fourth-order valence-corrected chi connectivity index (χ4v) is 3.95. The summed E-state index contributed by atoms with van der Waals surface area (Å²) in [6.45, 7) is 8.11. The molecule has 1 spiro atoms. The van der Waals surface area contributed by atoms with Crippen LogP contribution in [0.4, 0.5) is 0 Å². The van der Waals surface area contributed by atoms with Crippen molar-refractivity contribution in [3.05, 3.63) is 34.3 Å². The summed E-state index contributed by atoms with van der Waals surface area (Å²) in [5.41, 5.74) is 1.01. The van der Waals surface area contributed by atoms with E-state index in [-0.39, 0.29) is 5.91 Å². The second-order valence-corrected chi connectivity index (χ2v) is 8.24. The molecule has 1 atom stereocenters. The summed E-state index contributed by atoms with van der Waals surface area (Å²) in [6.07, 6.45) is 3.16. The number of guanidine groups is 1. The average molecular weight is 437 g/mol. The smallest absolute Gasteiger partial charge is 0.251 e. The van der Waals surface area contributed by atoms with Crippen LogP contribution in [0.5, 0.6) is 0 Å². The number of halogens is 1. The molecule has 1 amide bonds. The Morgan fingerprint density at radius 2 is 2.11 bits per heavy atom.